The highest BCUT2D eigenvalue weighted by molar-refractivity contribution is 6.08. The van der Waals surface area contributed by atoms with Crippen LogP contribution in [0.2, 0.25) is 0 Å². The summed E-state index contributed by atoms with van der Waals surface area (Å²) in [6.45, 7) is 6.25. The third kappa shape index (κ3) is 3.79. The Bertz CT molecular complexity index is 940. The molecule has 2 aromatic carbocycles. The van der Waals surface area contributed by atoms with Crippen LogP contribution in [0.1, 0.15) is 35.9 Å². The number of nitrogens with zero attached hydrogens (tertiary/aromatic N) is 2. The zero-order valence-electron chi connectivity index (χ0n) is 16.3. The van der Waals surface area contributed by atoms with E-state index in [0.717, 1.165) is 30.3 Å². The predicted octanol–water partition coefficient (Wildman–Crippen LogP) is 5.14. The third-order valence-corrected chi connectivity index (χ3v) is 5.41. The van der Waals surface area contributed by atoms with Crippen LogP contribution < -0.4 is 10.2 Å². The van der Waals surface area contributed by atoms with Crippen LogP contribution in [0.4, 0.5) is 11.4 Å². The first kappa shape index (κ1) is 18.3. The number of benzene rings is 2. The van der Waals surface area contributed by atoms with Crippen LogP contribution >= 0.6 is 0 Å². The van der Waals surface area contributed by atoms with Crippen molar-refractivity contribution in [3.05, 3.63) is 65.9 Å². The van der Waals surface area contributed by atoms with Crippen LogP contribution in [0.15, 0.2) is 59.1 Å². The maximum atomic E-state index is 12.9. The molecule has 0 spiro atoms. The SMILES string of the molecule is Cc1onc(-c2ccccc2)c1C(=O)Nc1ccc(N2CCC(C)CC2)cc1. The molecule has 5 nitrogen and oxygen atoms in total. The smallest absolute Gasteiger partial charge is 0.261 e. The Morgan fingerprint density at radius 3 is 2.43 bits per heavy atom. The Balaban J connectivity index is 1.49. The Kier molecular flexibility index (Phi) is 5.15. The predicted molar refractivity (Wildman–Crippen MR) is 112 cm³/mol. The second-order valence-corrected chi connectivity index (χ2v) is 7.50. The first-order chi connectivity index (χ1) is 13.6. The molecular formula is C23H25N3O2. The van der Waals surface area contributed by atoms with Crippen molar-refractivity contribution in [2.45, 2.75) is 26.7 Å². The summed E-state index contributed by atoms with van der Waals surface area (Å²) >= 11 is 0. The fourth-order valence-corrected chi connectivity index (χ4v) is 3.65. The zero-order chi connectivity index (χ0) is 19.5. The van der Waals surface area contributed by atoms with E-state index >= 15 is 0 Å². The van der Waals surface area contributed by atoms with Gasteiger partial charge in [0.15, 0.2) is 0 Å². The number of carbonyl (C=O) groups is 1. The number of anilines is 2. The number of aromatic nitrogens is 1. The number of amides is 1. The Labute approximate surface area is 165 Å². The van der Waals surface area contributed by atoms with Crippen molar-refractivity contribution in [3.8, 4) is 11.3 Å². The molecule has 1 aromatic heterocycles. The van der Waals surface area contributed by atoms with E-state index in [4.69, 9.17) is 4.52 Å². The van der Waals surface area contributed by atoms with Gasteiger partial charge >= 0.3 is 0 Å². The van der Waals surface area contributed by atoms with Crippen LogP contribution in [0.25, 0.3) is 11.3 Å². The second kappa shape index (κ2) is 7.89. The number of hydrogen-bond donors (Lipinski definition) is 1. The molecular weight excluding hydrogens is 350 g/mol. The molecule has 0 aliphatic carbocycles. The number of hydrogen-bond acceptors (Lipinski definition) is 4. The lowest BCUT2D eigenvalue weighted by Crippen LogP contribution is -2.32. The molecule has 0 atom stereocenters. The topological polar surface area (TPSA) is 58.4 Å². The monoisotopic (exact) mass is 375 g/mol. The fourth-order valence-electron chi connectivity index (χ4n) is 3.65. The highest BCUT2D eigenvalue weighted by atomic mass is 16.5. The van der Waals surface area contributed by atoms with E-state index in [1.807, 2.05) is 42.5 Å². The Morgan fingerprint density at radius 2 is 1.75 bits per heavy atom. The lowest BCUT2D eigenvalue weighted by molar-refractivity contribution is 0.102. The molecule has 3 aromatic rings. The van der Waals surface area contributed by atoms with Crippen molar-refractivity contribution in [2.75, 3.05) is 23.3 Å². The van der Waals surface area contributed by atoms with E-state index in [2.05, 4.69) is 34.4 Å². The maximum Gasteiger partial charge on any atom is 0.261 e. The van der Waals surface area contributed by atoms with E-state index in [1.54, 1.807) is 6.92 Å². The molecule has 1 saturated heterocycles. The molecule has 144 valence electrons. The van der Waals surface area contributed by atoms with Gasteiger partial charge < -0.3 is 14.7 Å². The van der Waals surface area contributed by atoms with Gasteiger partial charge in [0.2, 0.25) is 0 Å². The molecule has 2 heterocycles. The van der Waals surface area contributed by atoms with Crippen LogP contribution in [0.5, 0.6) is 0 Å². The summed E-state index contributed by atoms with van der Waals surface area (Å²) < 4.78 is 5.30. The molecule has 0 bridgehead atoms. The average Bonchev–Trinajstić information content (AvgIpc) is 3.11. The summed E-state index contributed by atoms with van der Waals surface area (Å²) in [7, 11) is 0. The number of piperidine rings is 1. The van der Waals surface area contributed by atoms with Crippen molar-refractivity contribution < 1.29 is 9.32 Å². The molecule has 1 aliphatic heterocycles. The summed E-state index contributed by atoms with van der Waals surface area (Å²) in [4.78, 5) is 15.3. The molecule has 0 saturated carbocycles. The average molecular weight is 375 g/mol. The number of aryl methyl sites for hydroxylation is 1. The third-order valence-electron chi connectivity index (χ3n) is 5.41. The van der Waals surface area contributed by atoms with E-state index in [-0.39, 0.29) is 5.91 Å². The molecule has 0 radical (unpaired) electrons. The standard InChI is InChI=1S/C23H25N3O2/c1-16-12-14-26(15-13-16)20-10-8-19(9-11-20)24-23(27)21-17(2)28-25-22(21)18-6-4-3-5-7-18/h3-11,16H,12-15H2,1-2H3,(H,24,27). The molecule has 1 N–H and O–H groups in total. The molecule has 1 fully saturated rings. The van der Waals surface area contributed by atoms with Gasteiger partial charge in [0, 0.05) is 30.0 Å². The van der Waals surface area contributed by atoms with Crippen molar-refractivity contribution in [2.24, 2.45) is 5.92 Å². The lowest BCUT2D eigenvalue weighted by atomic mass is 9.99. The van der Waals surface area contributed by atoms with Gasteiger partial charge in [-0.05, 0) is 49.9 Å². The summed E-state index contributed by atoms with van der Waals surface area (Å²) in [5.41, 5.74) is 3.86. The van der Waals surface area contributed by atoms with Crippen molar-refractivity contribution in [1.82, 2.24) is 5.16 Å². The van der Waals surface area contributed by atoms with Gasteiger partial charge in [0.05, 0.1) is 0 Å². The van der Waals surface area contributed by atoms with E-state index < -0.39 is 0 Å². The summed E-state index contributed by atoms with van der Waals surface area (Å²) in [5.74, 6) is 1.10. The van der Waals surface area contributed by atoms with Gasteiger partial charge in [-0.25, -0.2) is 0 Å². The molecule has 1 aliphatic rings. The minimum absolute atomic E-state index is 0.211. The van der Waals surface area contributed by atoms with Gasteiger partial charge in [0.1, 0.15) is 17.0 Å². The Morgan fingerprint density at radius 1 is 1.07 bits per heavy atom. The van der Waals surface area contributed by atoms with E-state index in [1.165, 1.54) is 18.5 Å². The minimum atomic E-state index is -0.211. The fraction of sp³-hybridized carbons (Fsp3) is 0.304. The van der Waals surface area contributed by atoms with Gasteiger partial charge in [-0.15, -0.1) is 0 Å². The van der Waals surface area contributed by atoms with Crippen LogP contribution in [0.3, 0.4) is 0 Å². The molecule has 0 unspecified atom stereocenters. The van der Waals surface area contributed by atoms with Crippen LogP contribution in [0, 0.1) is 12.8 Å². The van der Waals surface area contributed by atoms with Crippen molar-refractivity contribution in [3.63, 3.8) is 0 Å². The van der Waals surface area contributed by atoms with Crippen molar-refractivity contribution >= 4 is 17.3 Å². The highest BCUT2D eigenvalue weighted by Crippen LogP contribution is 2.27. The highest BCUT2D eigenvalue weighted by Gasteiger charge is 2.22. The zero-order valence-corrected chi connectivity index (χ0v) is 16.3. The second-order valence-electron chi connectivity index (χ2n) is 7.50. The number of carbonyl (C=O) groups excluding carboxylic acids is 1. The molecule has 1 amide bonds. The lowest BCUT2D eigenvalue weighted by Gasteiger charge is -2.32. The Hall–Kier alpha value is -3.08. The van der Waals surface area contributed by atoms with Gasteiger partial charge in [0.25, 0.3) is 5.91 Å². The van der Waals surface area contributed by atoms with Gasteiger partial charge in [-0.3, -0.25) is 4.79 Å². The van der Waals surface area contributed by atoms with E-state index in [0.29, 0.717) is 17.0 Å². The molecule has 5 heteroatoms. The summed E-state index contributed by atoms with van der Waals surface area (Å²) in [6, 6.07) is 17.7. The summed E-state index contributed by atoms with van der Waals surface area (Å²) in [5, 5.41) is 7.06. The van der Waals surface area contributed by atoms with Gasteiger partial charge in [-0.1, -0.05) is 42.4 Å². The number of nitrogens with one attached hydrogen (secondary N) is 1. The van der Waals surface area contributed by atoms with Crippen LogP contribution in [-0.4, -0.2) is 24.2 Å². The first-order valence-corrected chi connectivity index (χ1v) is 9.80. The summed E-state index contributed by atoms with van der Waals surface area (Å²) in [6.07, 6.45) is 2.46. The maximum absolute atomic E-state index is 12.9. The quantitative estimate of drug-likeness (QED) is 0.686. The molecule has 28 heavy (non-hydrogen) atoms. The largest absolute Gasteiger partial charge is 0.372 e. The van der Waals surface area contributed by atoms with Crippen molar-refractivity contribution in [1.29, 1.82) is 0 Å². The molecule has 4 rings (SSSR count). The van der Waals surface area contributed by atoms with E-state index in [9.17, 15) is 4.79 Å². The van der Waals surface area contributed by atoms with Gasteiger partial charge in [-0.2, -0.15) is 0 Å². The first-order valence-electron chi connectivity index (χ1n) is 9.80. The number of rotatable bonds is 4. The minimum Gasteiger partial charge on any atom is -0.372 e. The normalized spacial score (nSPS) is 14.9. The van der Waals surface area contributed by atoms with Crippen LogP contribution in [-0.2, 0) is 0 Å².